The Labute approximate surface area is 116 Å². The SMILES string of the molecule is C[C@@H](O)c1ccc(N(CCC#N)C2CC2)cc1Br. The maximum absolute atomic E-state index is 9.61. The lowest BCUT2D eigenvalue weighted by Gasteiger charge is -2.24. The highest BCUT2D eigenvalue weighted by Crippen LogP contribution is 2.35. The molecule has 4 heteroatoms. The van der Waals surface area contributed by atoms with Crippen LogP contribution in [-0.2, 0) is 0 Å². The number of hydrogen-bond donors (Lipinski definition) is 1. The van der Waals surface area contributed by atoms with Gasteiger partial charge in [0.25, 0.3) is 0 Å². The summed E-state index contributed by atoms with van der Waals surface area (Å²) in [6.45, 7) is 2.54. The van der Waals surface area contributed by atoms with Crippen LogP contribution in [0.25, 0.3) is 0 Å². The summed E-state index contributed by atoms with van der Waals surface area (Å²) in [7, 11) is 0. The van der Waals surface area contributed by atoms with Crippen LogP contribution in [0.5, 0.6) is 0 Å². The Kier molecular flexibility index (Phi) is 4.26. The fourth-order valence-electron chi connectivity index (χ4n) is 2.11. The van der Waals surface area contributed by atoms with E-state index in [0.717, 1.165) is 22.3 Å². The van der Waals surface area contributed by atoms with E-state index in [0.29, 0.717) is 12.5 Å². The third-order valence-corrected chi connectivity index (χ3v) is 3.90. The Morgan fingerprint density at radius 3 is 2.78 bits per heavy atom. The van der Waals surface area contributed by atoms with Crippen molar-refractivity contribution in [1.82, 2.24) is 0 Å². The lowest BCUT2D eigenvalue weighted by atomic mass is 10.1. The Bertz CT molecular complexity index is 463. The summed E-state index contributed by atoms with van der Waals surface area (Å²) in [5, 5.41) is 18.3. The summed E-state index contributed by atoms with van der Waals surface area (Å²) in [5.41, 5.74) is 2.03. The molecule has 0 aliphatic heterocycles. The predicted molar refractivity (Wildman–Crippen MR) is 75.4 cm³/mol. The monoisotopic (exact) mass is 308 g/mol. The number of hydrogen-bond acceptors (Lipinski definition) is 3. The highest BCUT2D eigenvalue weighted by Gasteiger charge is 2.29. The molecule has 1 atom stereocenters. The van der Waals surface area contributed by atoms with Gasteiger partial charge in [0, 0.05) is 22.7 Å². The van der Waals surface area contributed by atoms with Crippen molar-refractivity contribution in [3.8, 4) is 6.07 Å². The van der Waals surface area contributed by atoms with Gasteiger partial charge in [-0.05, 0) is 37.5 Å². The molecule has 1 aromatic carbocycles. The number of nitriles is 1. The van der Waals surface area contributed by atoms with Gasteiger partial charge < -0.3 is 10.0 Å². The molecule has 2 rings (SSSR count). The summed E-state index contributed by atoms with van der Waals surface area (Å²) in [4.78, 5) is 2.29. The van der Waals surface area contributed by atoms with Crippen LogP contribution in [0.3, 0.4) is 0 Å². The minimum atomic E-state index is -0.470. The molecule has 0 saturated heterocycles. The molecule has 1 N–H and O–H groups in total. The topological polar surface area (TPSA) is 47.3 Å². The van der Waals surface area contributed by atoms with Crippen molar-refractivity contribution in [2.75, 3.05) is 11.4 Å². The van der Waals surface area contributed by atoms with E-state index in [1.165, 1.54) is 12.8 Å². The molecule has 0 unspecified atom stereocenters. The molecule has 0 radical (unpaired) electrons. The first-order valence-electron chi connectivity index (χ1n) is 6.24. The second-order valence-electron chi connectivity index (χ2n) is 4.71. The zero-order valence-corrected chi connectivity index (χ0v) is 12.0. The molecule has 1 aliphatic rings. The Morgan fingerprint density at radius 2 is 2.28 bits per heavy atom. The van der Waals surface area contributed by atoms with Gasteiger partial charge in [-0.15, -0.1) is 0 Å². The van der Waals surface area contributed by atoms with Crippen molar-refractivity contribution in [2.45, 2.75) is 38.3 Å². The van der Waals surface area contributed by atoms with Gasteiger partial charge in [0.05, 0.1) is 18.6 Å². The van der Waals surface area contributed by atoms with Gasteiger partial charge in [-0.2, -0.15) is 5.26 Å². The van der Waals surface area contributed by atoms with E-state index < -0.39 is 6.10 Å². The van der Waals surface area contributed by atoms with E-state index in [9.17, 15) is 5.11 Å². The largest absolute Gasteiger partial charge is 0.389 e. The fraction of sp³-hybridized carbons (Fsp3) is 0.500. The number of aliphatic hydroxyl groups excluding tert-OH is 1. The van der Waals surface area contributed by atoms with Crippen LogP contribution in [0.15, 0.2) is 22.7 Å². The second-order valence-corrected chi connectivity index (χ2v) is 5.57. The van der Waals surface area contributed by atoms with Crippen LogP contribution < -0.4 is 4.90 Å². The molecule has 96 valence electrons. The summed E-state index contributed by atoms with van der Waals surface area (Å²) in [6, 6.07) is 8.81. The van der Waals surface area contributed by atoms with Crippen molar-refractivity contribution in [1.29, 1.82) is 5.26 Å². The lowest BCUT2D eigenvalue weighted by molar-refractivity contribution is 0.198. The first kappa shape index (κ1) is 13.4. The van der Waals surface area contributed by atoms with Crippen LogP contribution in [0.4, 0.5) is 5.69 Å². The Balaban J connectivity index is 2.20. The first-order chi connectivity index (χ1) is 8.63. The molecule has 1 aliphatic carbocycles. The molecule has 0 bridgehead atoms. The summed E-state index contributed by atoms with van der Waals surface area (Å²) >= 11 is 3.50. The molecule has 18 heavy (non-hydrogen) atoms. The average molecular weight is 309 g/mol. The predicted octanol–water partition coefficient (Wildman–Crippen LogP) is 3.38. The molecule has 0 aromatic heterocycles. The van der Waals surface area contributed by atoms with Crippen LogP contribution >= 0.6 is 15.9 Å². The molecule has 1 saturated carbocycles. The molecule has 1 fully saturated rings. The van der Waals surface area contributed by atoms with Crippen LogP contribution in [0.2, 0.25) is 0 Å². The minimum absolute atomic E-state index is 0.470. The lowest BCUT2D eigenvalue weighted by Crippen LogP contribution is -2.26. The smallest absolute Gasteiger partial charge is 0.0772 e. The highest BCUT2D eigenvalue weighted by molar-refractivity contribution is 9.10. The van der Waals surface area contributed by atoms with Crippen molar-refractivity contribution >= 4 is 21.6 Å². The Morgan fingerprint density at radius 1 is 1.56 bits per heavy atom. The van der Waals surface area contributed by atoms with Crippen molar-refractivity contribution < 1.29 is 5.11 Å². The first-order valence-corrected chi connectivity index (χ1v) is 7.04. The van der Waals surface area contributed by atoms with Crippen molar-refractivity contribution in [3.63, 3.8) is 0 Å². The van der Waals surface area contributed by atoms with Gasteiger partial charge in [0.1, 0.15) is 0 Å². The molecular weight excluding hydrogens is 292 g/mol. The molecular formula is C14H17BrN2O. The summed E-state index contributed by atoms with van der Waals surface area (Å²) in [5.74, 6) is 0. The zero-order chi connectivity index (χ0) is 13.1. The highest BCUT2D eigenvalue weighted by atomic mass is 79.9. The van der Waals surface area contributed by atoms with Crippen molar-refractivity contribution in [3.05, 3.63) is 28.2 Å². The van der Waals surface area contributed by atoms with Crippen LogP contribution in [-0.4, -0.2) is 17.7 Å². The quantitative estimate of drug-likeness (QED) is 0.907. The van der Waals surface area contributed by atoms with Gasteiger partial charge in [0.15, 0.2) is 0 Å². The van der Waals surface area contributed by atoms with Gasteiger partial charge in [-0.25, -0.2) is 0 Å². The van der Waals surface area contributed by atoms with Crippen LogP contribution in [0.1, 0.15) is 37.9 Å². The number of anilines is 1. The molecule has 0 amide bonds. The fourth-order valence-corrected chi connectivity index (χ4v) is 2.81. The van der Waals surface area contributed by atoms with E-state index >= 15 is 0 Å². The van der Waals surface area contributed by atoms with E-state index in [-0.39, 0.29) is 0 Å². The number of aliphatic hydroxyl groups is 1. The Hall–Kier alpha value is -1.05. The van der Waals surface area contributed by atoms with E-state index in [4.69, 9.17) is 5.26 Å². The maximum Gasteiger partial charge on any atom is 0.0772 e. The minimum Gasteiger partial charge on any atom is -0.389 e. The number of benzene rings is 1. The summed E-state index contributed by atoms with van der Waals surface area (Å²) in [6.07, 6.45) is 2.50. The normalized spacial score (nSPS) is 16.1. The number of rotatable bonds is 5. The zero-order valence-electron chi connectivity index (χ0n) is 10.4. The van der Waals surface area contributed by atoms with Crippen LogP contribution in [0, 0.1) is 11.3 Å². The standard InChI is InChI=1S/C14H17BrN2O/c1-10(18)13-6-5-12(9-14(13)15)17(8-2-7-16)11-3-4-11/h5-6,9-11,18H,2-4,8H2,1H3/t10-/m1/s1. The molecule has 0 heterocycles. The molecule has 1 aromatic rings. The van der Waals surface area contributed by atoms with E-state index in [1.807, 2.05) is 18.2 Å². The maximum atomic E-state index is 9.61. The summed E-state index contributed by atoms with van der Waals surface area (Å²) < 4.78 is 0.928. The van der Waals surface area contributed by atoms with E-state index in [2.05, 4.69) is 26.9 Å². The number of halogens is 1. The molecule has 0 spiro atoms. The van der Waals surface area contributed by atoms with Gasteiger partial charge in [0.2, 0.25) is 0 Å². The van der Waals surface area contributed by atoms with Gasteiger partial charge in [-0.3, -0.25) is 0 Å². The molecule has 3 nitrogen and oxygen atoms in total. The average Bonchev–Trinajstić information content (AvgIpc) is 3.13. The van der Waals surface area contributed by atoms with E-state index in [1.54, 1.807) is 6.92 Å². The van der Waals surface area contributed by atoms with Crippen molar-refractivity contribution in [2.24, 2.45) is 0 Å². The van der Waals surface area contributed by atoms with Gasteiger partial charge >= 0.3 is 0 Å². The third-order valence-electron chi connectivity index (χ3n) is 3.22. The second kappa shape index (κ2) is 5.73. The third kappa shape index (κ3) is 3.04. The van der Waals surface area contributed by atoms with Gasteiger partial charge in [-0.1, -0.05) is 22.0 Å². The number of nitrogens with zero attached hydrogens (tertiary/aromatic N) is 2.